The van der Waals surface area contributed by atoms with E-state index >= 15 is 0 Å². The summed E-state index contributed by atoms with van der Waals surface area (Å²) < 4.78 is 28.5. The van der Waals surface area contributed by atoms with Crippen LogP contribution in [0.4, 0.5) is 0 Å². The minimum absolute atomic E-state index is 0.0637. The molecule has 0 bridgehead atoms. The van der Waals surface area contributed by atoms with Gasteiger partial charge in [-0.15, -0.1) is 0 Å². The first-order valence-electron chi connectivity index (χ1n) is 32.0. The van der Waals surface area contributed by atoms with E-state index < -0.39 is 67.3 Å². The largest absolute Gasteiger partial charge is 0.479 e. The van der Waals surface area contributed by atoms with Crippen LogP contribution in [0.5, 0.6) is 0 Å². The van der Waals surface area contributed by atoms with E-state index in [-0.39, 0.29) is 25.9 Å². The first-order valence-corrected chi connectivity index (χ1v) is 32.0. The summed E-state index contributed by atoms with van der Waals surface area (Å²) in [6, 6.07) is 0. The van der Waals surface area contributed by atoms with Crippen LogP contribution in [0.15, 0.2) is 36.5 Å². The summed E-state index contributed by atoms with van der Waals surface area (Å²) in [7, 11) is 0. The lowest BCUT2D eigenvalue weighted by molar-refractivity contribution is -0.301. The fraction of sp³-hybridized carbons (Fsp3) is 0.846. The first kappa shape index (κ1) is 72.0. The molecule has 1 aliphatic heterocycles. The van der Waals surface area contributed by atoms with Crippen LogP contribution in [-0.2, 0) is 42.9 Å². The van der Waals surface area contributed by atoms with Gasteiger partial charge in [-0.05, 0) is 70.6 Å². The van der Waals surface area contributed by atoms with Crippen molar-refractivity contribution >= 4 is 23.9 Å². The first-order chi connectivity index (χ1) is 37.6. The molecule has 1 saturated heterocycles. The molecule has 1 rings (SSSR count). The Balaban J connectivity index is 2.64. The molecule has 12 nitrogen and oxygen atoms in total. The molecule has 1 aliphatic rings. The van der Waals surface area contributed by atoms with Gasteiger partial charge in [-0.3, -0.25) is 14.4 Å². The second kappa shape index (κ2) is 53.6. The highest BCUT2D eigenvalue weighted by Crippen LogP contribution is 2.27. The van der Waals surface area contributed by atoms with Crippen LogP contribution in [0.3, 0.4) is 0 Å². The van der Waals surface area contributed by atoms with Crippen molar-refractivity contribution in [3.05, 3.63) is 36.5 Å². The molecule has 0 aromatic heterocycles. The lowest BCUT2D eigenvalue weighted by Gasteiger charge is -2.40. The number of allylic oxidation sites excluding steroid dienone is 6. The Morgan fingerprint density at radius 1 is 0.429 bits per heavy atom. The molecule has 6 atom stereocenters. The number of aliphatic hydroxyl groups is 2. The number of unbranched alkanes of at least 4 members (excludes halogenated alkanes) is 35. The molecule has 6 unspecified atom stereocenters. The quantitative estimate of drug-likeness (QED) is 0.0228. The molecule has 0 saturated carbocycles. The average molecular weight is 1090 g/mol. The molecule has 0 aromatic rings. The SMILES string of the molecule is CCC/C=C\C/C=C\CCCCCCCC(=O)OC(COC(=O)CCCCCCC/C=C\CCCCCCCC)COC1OC(C(=O)O)C(O)C(O)C1OC(=O)CCCCCCCCCCCCCCCCCCCCC. The highest BCUT2D eigenvalue weighted by atomic mass is 16.7. The van der Waals surface area contributed by atoms with Crippen LogP contribution in [0.1, 0.15) is 303 Å². The number of rotatable bonds is 55. The number of hydrogen-bond acceptors (Lipinski definition) is 11. The zero-order chi connectivity index (χ0) is 56.1. The van der Waals surface area contributed by atoms with Crippen molar-refractivity contribution in [3.63, 3.8) is 0 Å². The topological polar surface area (TPSA) is 175 Å². The van der Waals surface area contributed by atoms with Crippen LogP contribution in [-0.4, -0.2) is 89.2 Å². The molecule has 0 aromatic carbocycles. The second-order valence-electron chi connectivity index (χ2n) is 22.0. The molecule has 1 heterocycles. The molecule has 12 heteroatoms. The number of carbonyl (C=O) groups excluding carboxylic acids is 3. The Bertz CT molecular complexity index is 1480. The van der Waals surface area contributed by atoms with E-state index in [9.17, 15) is 34.5 Å². The zero-order valence-electron chi connectivity index (χ0n) is 49.5. The van der Waals surface area contributed by atoms with Gasteiger partial charge in [0.1, 0.15) is 18.8 Å². The van der Waals surface area contributed by atoms with Crippen molar-refractivity contribution < 1.29 is 58.2 Å². The number of aliphatic hydroxyl groups excluding tert-OH is 2. The maximum absolute atomic E-state index is 13.1. The maximum atomic E-state index is 13.1. The van der Waals surface area contributed by atoms with Gasteiger partial charge < -0.3 is 39.0 Å². The monoisotopic (exact) mass is 1090 g/mol. The Kier molecular flexibility index (Phi) is 50.1. The second-order valence-corrected chi connectivity index (χ2v) is 22.0. The van der Waals surface area contributed by atoms with Crippen molar-refractivity contribution in [1.29, 1.82) is 0 Å². The van der Waals surface area contributed by atoms with E-state index in [1.807, 2.05) is 0 Å². The summed E-state index contributed by atoms with van der Waals surface area (Å²) in [5.41, 5.74) is 0. The number of carboxylic acids is 1. The molecule has 448 valence electrons. The Morgan fingerprint density at radius 2 is 0.805 bits per heavy atom. The van der Waals surface area contributed by atoms with Crippen LogP contribution >= 0.6 is 0 Å². The smallest absolute Gasteiger partial charge is 0.335 e. The van der Waals surface area contributed by atoms with Crippen LogP contribution < -0.4 is 0 Å². The average Bonchev–Trinajstić information content (AvgIpc) is 3.42. The number of carbonyl (C=O) groups is 4. The molecule has 0 aliphatic carbocycles. The highest BCUT2D eigenvalue weighted by Gasteiger charge is 2.50. The molecule has 0 spiro atoms. The van der Waals surface area contributed by atoms with Crippen molar-refractivity contribution in [2.45, 2.75) is 340 Å². The predicted molar refractivity (Wildman–Crippen MR) is 313 cm³/mol. The predicted octanol–water partition coefficient (Wildman–Crippen LogP) is 16.8. The van der Waals surface area contributed by atoms with Crippen molar-refractivity contribution in [2.75, 3.05) is 13.2 Å². The Labute approximate surface area is 470 Å². The zero-order valence-corrected chi connectivity index (χ0v) is 49.5. The molecule has 77 heavy (non-hydrogen) atoms. The third-order valence-electron chi connectivity index (χ3n) is 14.7. The van der Waals surface area contributed by atoms with Gasteiger partial charge in [0.15, 0.2) is 24.6 Å². The van der Waals surface area contributed by atoms with E-state index in [0.717, 1.165) is 109 Å². The lowest BCUT2D eigenvalue weighted by atomic mass is 9.98. The van der Waals surface area contributed by atoms with E-state index in [1.165, 1.54) is 135 Å². The number of hydrogen-bond donors (Lipinski definition) is 3. The summed E-state index contributed by atoms with van der Waals surface area (Å²) in [5, 5.41) is 31.6. The van der Waals surface area contributed by atoms with Gasteiger partial charge in [0, 0.05) is 19.3 Å². The minimum Gasteiger partial charge on any atom is -0.479 e. The van der Waals surface area contributed by atoms with Crippen LogP contribution in [0.2, 0.25) is 0 Å². The van der Waals surface area contributed by atoms with Gasteiger partial charge in [-0.2, -0.15) is 0 Å². The molecule has 3 N–H and O–H groups in total. The van der Waals surface area contributed by atoms with E-state index in [4.69, 9.17) is 23.7 Å². The minimum atomic E-state index is -1.90. The maximum Gasteiger partial charge on any atom is 0.335 e. The molecule has 1 fully saturated rings. The lowest BCUT2D eigenvalue weighted by Crippen LogP contribution is -2.61. The van der Waals surface area contributed by atoms with Gasteiger partial charge in [0.05, 0.1) is 6.61 Å². The van der Waals surface area contributed by atoms with Gasteiger partial charge in [-0.25, -0.2) is 4.79 Å². The van der Waals surface area contributed by atoms with Crippen molar-refractivity contribution in [2.24, 2.45) is 0 Å². The number of esters is 3. The Morgan fingerprint density at radius 3 is 1.23 bits per heavy atom. The summed E-state index contributed by atoms with van der Waals surface area (Å²) in [6.07, 6.45) is 51.1. The molecule has 0 radical (unpaired) electrons. The number of ether oxygens (including phenoxy) is 5. The number of aliphatic carboxylic acids is 1. The number of carboxylic acid groups (broad SMARTS) is 1. The fourth-order valence-electron chi connectivity index (χ4n) is 9.76. The van der Waals surface area contributed by atoms with Crippen LogP contribution in [0.25, 0.3) is 0 Å². The van der Waals surface area contributed by atoms with Gasteiger partial charge in [0.2, 0.25) is 0 Å². The van der Waals surface area contributed by atoms with E-state index in [2.05, 4.69) is 57.2 Å². The highest BCUT2D eigenvalue weighted by molar-refractivity contribution is 5.74. The van der Waals surface area contributed by atoms with Gasteiger partial charge in [0.25, 0.3) is 0 Å². The molecular weight excluding hydrogens is 973 g/mol. The van der Waals surface area contributed by atoms with Gasteiger partial charge >= 0.3 is 23.9 Å². The van der Waals surface area contributed by atoms with Crippen molar-refractivity contribution in [1.82, 2.24) is 0 Å². The van der Waals surface area contributed by atoms with E-state index in [1.54, 1.807) is 0 Å². The molecule has 0 amide bonds. The fourth-order valence-corrected chi connectivity index (χ4v) is 9.76. The third kappa shape index (κ3) is 43.4. The standard InChI is InChI=1S/C65H116O12/c1-4-7-10-13-16-19-22-25-27-28-29-30-32-35-38-41-44-47-50-53-59(68)76-63-61(70)60(69)62(64(71)72)77-65(63)74-55-56(75-58(67)52-49-46-43-40-37-33-24-21-18-15-12-9-6-3)54-73-57(66)51-48-45-42-39-36-34-31-26-23-20-17-14-11-8-5-2/h12,15,21,24,26,31,56,60-63,65,69-70H,4-11,13-14,16-20,22-23,25,27-30,32-55H2,1-3H3,(H,71,72)/b15-12-,24-21-,31-26-. The summed E-state index contributed by atoms with van der Waals surface area (Å²) in [4.78, 5) is 51.2. The van der Waals surface area contributed by atoms with Crippen molar-refractivity contribution in [3.8, 4) is 0 Å². The third-order valence-corrected chi connectivity index (χ3v) is 14.7. The van der Waals surface area contributed by atoms with Gasteiger partial charge in [-0.1, -0.05) is 250 Å². The normalized spacial score (nSPS) is 18.2. The molecular formula is C65H116O12. The Hall–Kier alpha value is -3.06. The van der Waals surface area contributed by atoms with Crippen LogP contribution in [0, 0.1) is 0 Å². The van der Waals surface area contributed by atoms with E-state index in [0.29, 0.717) is 19.3 Å². The summed E-state index contributed by atoms with van der Waals surface area (Å²) in [5.74, 6) is -3.12. The summed E-state index contributed by atoms with van der Waals surface area (Å²) >= 11 is 0. The summed E-state index contributed by atoms with van der Waals surface area (Å²) in [6.45, 7) is 5.95.